The first-order chi connectivity index (χ1) is 11.5. The minimum atomic E-state index is 0.141. The van der Waals surface area contributed by atoms with Crippen LogP contribution >= 0.6 is 0 Å². The van der Waals surface area contributed by atoms with E-state index in [0.29, 0.717) is 6.04 Å². The van der Waals surface area contributed by atoms with Crippen molar-refractivity contribution in [2.24, 2.45) is 14.1 Å². The maximum absolute atomic E-state index is 13.0. The van der Waals surface area contributed by atoms with Crippen molar-refractivity contribution in [3.8, 4) is 0 Å². The summed E-state index contributed by atoms with van der Waals surface area (Å²) in [4.78, 5) is 17.2. The molecule has 0 spiro atoms. The summed E-state index contributed by atoms with van der Waals surface area (Å²) >= 11 is 0. The van der Waals surface area contributed by atoms with Gasteiger partial charge < -0.3 is 18.9 Å². The van der Waals surface area contributed by atoms with Gasteiger partial charge in [-0.25, -0.2) is 0 Å². The molecule has 0 radical (unpaired) electrons. The Hall–Kier alpha value is -2.27. The van der Waals surface area contributed by atoms with Gasteiger partial charge in [-0.1, -0.05) is 18.2 Å². The van der Waals surface area contributed by atoms with Gasteiger partial charge in [0.15, 0.2) is 0 Å². The van der Waals surface area contributed by atoms with Crippen LogP contribution in [-0.2, 0) is 14.1 Å². The minimum Gasteiger partial charge on any atom is -0.342 e. The molecule has 1 aliphatic heterocycles. The number of para-hydroxylation sites is 1. The number of aryl methyl sites for hydroxylation is 2. The number of amides is 1. The van der Waals surface area contributed by atoms with Crippen LogP contribution < -0.4 is 0 Å². The van der Waals surface area contributed by atoms with Crippen LogP contribution in [0.4, 0.5) is 0 Å². The van der Waals surface area contributed by atoms with Gasteiger partial charge in [-0.15, -0.1) is 0 Å². The second-order valence-electron chi connectivity index (χ2n) is 7.06. The molecule has 0 unspecified atom stereocenters. The van der Waals surface area contributed by atoms with E-state index in [-0.39, 0.29) is 5.91 Å². The van der Waals surface area contributed by atoms with Crippen LogP contribution in [0.1, 0.15) is 16.9 Å². The van der Waals surface area contributed by atoms with Crippen molar-refractivity contribution < 1.29 is 4.79 Å². The number of rotatable bonds is 2. The number of benzene rings is 1. The van der Waals surface area contributed by atoms with Gasteiger partial charge in [-0.3, -0.25) is 4.79 Å². The monoisotopic (exact) mass is 324 g/mol. The van der Waals surface area contributed by atoms with E-state index in [1.165, 1.54) is 10.9 Å². The fourth-order valence-corrected chi connectivity index (χ4v) is 3.97. The van der Waals surface area contributed by atoms with Crippen LogP contribution in [-0.4, -0.2) is 58.1 Å². The number of likely N-dealkylation sites (tertiary alicyclic amines) is 1. The zero-order valence-corrected chi connectivity index (χ0v) is 14.8. The van der Waals surface area contributed by atoms with Gasteiger partial charge in [0.25, 0.3) is 5.91 Å². The normalized spacial score (nSPS) is 18.4. The first kappa shape index (κ1) is 15.3. The summed E-state index contributed by atoms with van der Waals surface area (Å²) in [7, 11) is 8.24. The Kier molecular flexibility index (Phi) is 3.42. The van der Waals surface area contributed by atoms with Crippen LogP contribution in [0.2, 0.25) is 0 Å². The molecule has 1 amide bonds. The molecule has 1 atom stereocenters. The van der Waals surface area contributed by atoms with Gasteiger partial charge in [0, 0.05) is 38.6 Å². The summed E-state index contributed by atoms with van der Waals surface area (Å²) < 4.78 is 4.23. The zero-order valence-electron chi connectivity index (χ0n) is 14.8. The van der Waals surface area contributed by atoms with E-state index in [2.05, 4.69) is 59.4 Å². The van der Waals surface area contributed by atoms with Crippen LogP contribution in [0.3, 0.4) is 0 Å². The first-order valence-corrected chi connectivity index (χ1v) is 8.47. The van der Waals surface area contributed by atoms with Crippen LogP contribution in [0.5, 0.6) is 0 Å². The second-order valence-corrected chi connectivity index (χ2v) is 7.06. The summed E-state index contributed by atoms with van der Waals surface area (Å²) in [6.45, 7) is 1.65. The van der Waals surface area contributed by atoms with Gasteiger partial charge >= 0.3 is 0 Å². The Bertz CT molecular complexity index is 934. The number of nitrogens with zero attached hydrogens (tertiary/aromatic N) is 4. The third kappa shape index (κ3) is 2.08. The fraction of sp³-hybridized carbons (Fsp3) is 0.421. The summed E-state index contributed by atoms with van der Waals surface area (Å²) in [6.07, 6.45) is 1.05. The number of fused-ring (bicyclic) bond motifs is 3. The topological polar surface area (TPSA) is 33.4 Å². The molecule has 1 aromatic carbocycles. The van der Waals surface area contributed by atoms with Gasteiger partial charge in [0.2, 0.25) is 0 Å². The molecule has 1 aliphatic rings. The molecule has 5 nitrogen and oxygen atoms in total. The minimum absolute atomic E-state index is 0.141. The maximum Gasteiger partial charge on any atom is 0.270 e. The predicted molar refractivity (Wildman–Crippen MR) is 97.4 cm³/mol. The van der Waals surface area contributed by atoms with Crippen molar-refractivity contribution >= 4 is 27.8 Å². The van der Waals surface area contributed by atoms with Crippen LogP contribution in [0.15, 0.2) is 30.3 Å². The molecule has 24 heavy (non-hydrogen) atoms. The van der Waals surface area contributed by atoms with Crippen molar-refractivity contribution in [2.45, 2.75) is 12.5 Å². The van der Waals surface area contributed by atoms with Gasteiger partial charge in [-0.05, 0) is 32.6 Å². The zero-order chi connectivity index (χ0) is 17.0. The van der Waals surface area contributed by atoms with Crippen molar-refractivity contribution in [1.29, 1.82) is 0 Å². The lowest BCUT2D eigenvalue weighted by atomic mass is 10.2. The molecule has 0 aliphatic carbocycles. The van der Waals surface area contributed by atoms with E-state index in [0.717, 1.165) is 36.2 Å². The van der Waals surface area contributed by atoms with Gasteiger partial charge in [-0.2, -0.15) is 0 Å². The SMILES string of the molecule is CN(C)[C@@H]1CCN(C(=O)c2cc3c(c4ccccc4n3C)n2C)C1. The number of hydrogen-bond donors (Lipinski definition) is 0. The third-order valence-corrected chi connectivity index (χ3v) is 5.49. The van der Waals surface area contributed by atoms with E-state index in [9.17, 15) is 4.79 Å². The molecule has 4 rings (SSSR count). The average molecular weight is 324 g/mol. The molecular weight excluding hydrogens is 300 g/mol. The first-order valence-electron chi connectivity index (χ1n) is 8.47. The lowest BCUT2D eigenvalue weighted by molar-refractivity contribution is 0.0774. The molecule has 5 heteroatoms. The Morgan fingerprint density at radius 2 is 1.88 bits per heavy atom. The third-order valence-electron chi connectivity index (χ3n) is 5.49. The highest BCUT2D eigenvalue weighted by molar-refractivity contribution is 6.10. The Morgan fingerprint density at radius 3 is 2.58 bits per heavy atom. The molecule has 0 saturated carbocycles. The smallest absolute Gasteiger partial charge is 0.270 e. The van der Waals surface area contributed by atoms with E-state index in [4.69, 9.17) is 0 Å². The summed E-state index contributed by atoms with van der Waals surface area (Å²) in [5.41, 5.74) is 4.23. The largest absolute Gasteiger partial charge is 0.342 e. The fourth-order valence-electron chi connectivity index (χ4n) is 3.97. The van der Waals surface area contributed by atoms with Crippen molar-refractivity contribution in [1.82, 2.24) is 18.9 Å². The van der Waals surface area contributed by atoms with Crippen molar-refractivity contribution in [3.05, 3.63) is 36.0 Å². The Morgan fingerprint density at radius 1 is 1.12 bits per heavy atom. The number of aromatic nitrogens is 2. The molecule has 1 fully saturated rings. The van der Waals surface area contributed by atoms with Gasteiger partial charge in [0.1, 0.15) is 5.69 Å². The second kappa shape index (κ2) is 5.38. The number of carbonyl (C=O) groups excluding carboxylic acids is 1. The predicted octanol–water partition coefficient (Wildman–Crippen LogP) is 2.45. The van der Waals surface area contributed by atoms with Crippen molar-refractivity contribution in [2.75, 3.05) is 27.2 Å². The van der Waals surface area contributed by atoms with Crippen LogP contribution in [0, 0.1) is 0 Å². The molecule has 126 valence electrons. The average Bonchev–Trinajstić information content (AvgIpc) is 3.24. The summed E-state index contributed by atoms with van der Waals surface area (Å²) in [6, 6.07) is 10.9. The molecular formula is C19H24N4O. The highest BCUT2D eigenvalue weighted by Crippen LogP contribution is 2.31. The molecule has 1 saturated heterocycles. The number of hydrogen-bond acceptors (Lipinski definition) is 2. The Balaban J connectivity index is 1.77. The Labute approximate surface area is 142 Å². The molecule has 3 heterocycles. The van der Waals surface area contributed by atoms with E-state index < -0.39 is 0 Å². The maximum atomic E-state index is 13.0. The lowest BCUT2D eigenvalue weighted by Gasteiger charge is -2.20. The number of carbonyl (C=O) groups is 1. The lowest BCUT2D eigenvalue weighted by Crippen LogP contribution is -2.35. The number of likely N-dealkylation sites (N-methyl/N-ethyl adjacent to an activating group) is 1. The summed E-state index contributed by atoms with van der Waals surface area (Å²) in [5, 5.41) is 1.20. The molecule has 2 aromatic heterocycles. The summed E-state index contributed by atoms with van der Waals surface area (Å²) in [5.74, 6) is 0.141. The highest BCUT2D eigenvalue weighted by atomic mass is 16.2. The highest BCUT2D eigenvalue weighted by Gasteiger charge is 2.30. The van der Waals surface area contributed by atoms with E-state index in [1.807, 2.05) is 18.0 Å². The van der Waals surface area contributed by atoms with Crippen molar-refractivity contribution in [3.63, 3.8) is 0 Å². The van der Waals surface area contributed by atoms with Crippen LogP contribution in [0.25, 0.3) is 21.9 Å². The quantitative estimate of drug-likeness (QED) is 0.725. The van der Waals surface area contributed by atoms with Gasteiger partial charge in [0.05, 0.1) is 16.6 Å². The molecule has 0 N–H and O–H groups in total. The standard InChI is InChI=1S/C19H24N4O/c1-20(2)13-9-10-23(12-13)19(24)17-11-16-18(22(17)4)14-7-5-6-8-15(14)21(16)3/h5-8,11,13H,9-10,12H2,1-4H3/t13-/m1/s1. The van der Waals surface area contributed by atoms with E-state index in [1.54, 1.807) is 0 Å². The van der Waals surface area contributed by atoms with E-state index >= 15 is 0 Å². The molecule has 3 aromatic rings. The molecule has 0 bridgehead atoms.